The summed E-state index contributed by atoms with van der Waals surface area (Å²) in [6.07, 6.45) is 7.61. The summed E-state index contributed by atoms with van der Waals surface area (Å²) in [5, 5.41) is 16.1. The number of benzene rings is 1. The van der Waals surface area contributed by atoms with Gasteiger partial charge >= 0.3 is 0 Å². The summed E-state index contributed by atoms with van der Waals surface area (Å²) in [4.78, 5) is 21.0. The Morgan fingerprint density at radius 2 is 1.81 bits per heavy atom. The van der Waals surface area contributed by atoms with E-state index in [1.54, 1.807) is 6.20 Å². The highest BCUT2D eigenvalue weighted by Gasteiger charge is 2.21. The fraction of sp³-hybridized carbons (Fsp3) is 0.310. The molecule has 5 rings (SSSR count). The summed E-state index contributed by atoms with van der Waals surface area (Å²) in [5.41, 5.74) is 6.35. The monoisotopic (exact) mass is 496 g/mol. The van der Waals surface area contributed by atoms with Gasteiger partial charge in [-0.05, 0) is 37.1 Å². The number of carbonyl (C=O) groups is 1. The van der Waals surface area contributed by atoms with Gasteiger partial charge in [0.15, 0.2) is 24.6 Å². The summed E-state index contributed by atoms with van der Waals surface area (Å²) in [7, 11) is 0. The summed E-state index contributed by atoms with van der Waals surface area (Å²) in [5.74, 6) is -0.111. The van der Waals surface area contributed by atoms with Gasteiger partial charge in [-0.2, -0.15) is 5.10 Å². The van der Waals surface area contributed by atoms with Crippen LogP contribution in [-0.2, 0) is 13.1 Å². The van der Waals surface area contributed by atoms with Gasteiger partial charge < -0.3 is 15.6 Å². The van der Waals surface area contributed by atoms with Crippen LogP contribution in [0.3, 0.4) is 0 Å². The Morgan fingerprint density at radius 3 is 2.57 bits per heavy atom. The molecule has 0 saturated heterocycles. The van der Waals surface area contributed by atoms with Crippen LogP contribution in [0.4, 0.5) is 0 Å². The smallest absolute Gasteiger partial charge is 0.253 e. The van der Waals surface area contributed by atoms with E-state index in [1.807, 2.05) is 12.1 Å². The molecule has 37 heavy (non-hydrogen) atoms. The van der Waals surface area contributed by atoms with Crippen molar-refractivity contribution in [2.75, 3.05) is 6.54 Å². The Labute approximate surface area is 216 Å². The molecule has 0 atom stereocenters. The van der Waals surface area contributed by atoms with Crippen LogP contribution in [-0.4, -0.2) is 38.7 Å². The van der Waals surface area contributed by atoms with Gasteiger partial charge in [-0.15, -0.1) is 0 Å². The second-order valence-corrected chi connectivity index (χ2v) is 9.36. The van der Waals surface area contributed by atoms with E-state index in [9.17, 15) is 4.79 Å². The van der Waals surface area contributed by atoms with E-state index in [1.165, 1.54) is 5.56 Å². The van der Waals surface area contributed by atoms with Crippen LogP contribution in [0.1, 0.15) is 55.1 Å². The van der Waals surface area contributed by atoms with Crippen LogP contribution in [0.25, 0.3) is 33.3 Å². The molecule has 190 valence electrons. The first-order valence-electron chi connectivity index (χ1n) is 13.0. The molecule has 8 nitrogen and oxygen atoms in total. The number of aromatic amines is 2. The Morgan fingerprint density at radius 1 is 1.03 bits per heavy atom. The van der Waals surface area contributed by atoms with Crippen LogP contribution in [0.15, 0.2) is 61.1 Å². The highest BCUT2D eigenvalue weighted by atomic mass is 16.1. The third kappa shape index (κ3) is 5.11. The van der Waals surface area contributed by atoms with Crippen molar-refractivity contribution >= 4 is 27.8 Å². The summed E-state index contributed by atoms with van der Waals surface area (Å²) < 4.78 is 2.18. The molecule has 8 heteroatoms. The van der Waals surface area contributed by atoms with Gasteiger partial charge in [0, 0.05) is 47.2 Å². The second kappa shape index (κ2) is 10.9. The van der Waals surface area contributed by atoms with Crippen LogP contribution >= 0.6 is 0 Å². The van der Waals surface area contributed by atoms with Gasteiger partial charge in [0.25, 0.3) is 5.91 Å². The molecule has 0 spiro atoms. The molecule has 0 saturated carbocycles. The second-order valence-electron chi connectivity index (χ2n) is 9.36. The molecular formula is C29H34N7O+. The van der Waals surface area contributed by atoms with E-state index in [2.05, 4.69) is 98.9 Å². The molecular weight excluding hydrogens is 462 g/mol. The van der Waals surface area contributed by atoms with E-state index in [4.69, 9.17) is 0 Å². The number of nitrogens with one attached hydrogen (secondary N) is 4. The van der Waals surface area contributed by atoms with E-state index in [-0.39, 0.29) is 11.9 Å². The number of fused-ring (bicyclic) bond motifs is 2. The third-order valence-electron chi connectivity index (χ3n) is 6.94. The molecule has 0 bridgehead atoms. The predicted octanol–water partition coefficient (Wildman–Crippen LogP) is 4.47. The zero-order valence-electron chi connectivity index (χ0n) is 21.6. The molecule has 0 fully saturated rings. The lowest BCUT2D eigenvalue weighted by molar-refractivity contribution is -0.688. The lowest BCUT2D eigenvalue weighted by Crippen LogP contribution is -2.33. The van der Waals surface area contributed by atoms with E-state index in [0.717, 1.165) is 59.2 Å². The predicted molar refractivity (Wildman–Crippen MR) is 146 cm³/mol. The summed E-state index contributed by atoms with van der Waals surface area (Å²) in [6, 6.07) is 14.6. The van der Waals surface area contributed by atoms with Gasteiger partial charge in [0.05, 0.1) is 22.5 Å². The first-order valence-corrected chi connectivity index (χ1v) is 13.0. The molecule has 0 unspecified atom stereocenters. The third-order valence-corrected chi connectivity index (χ3v) is 6.94. The van der Waals surface area contributed by atoms with Crippen molar-refractivity contribution in [2.45, 2.75) is 52.7 Å². The maximum Gasteiger partial charge on any atom is 0.253 e. The van der Waals surface area contributed by atoms with Gasteiger partial charge in [-0.3, -0.25) is 9.89 Å². The molecule has 0 aliphatic carbocycles. The number of para-hydroxylation sites is 1. The van der Waals surface area contributed by atoms with Crippen molar-refractivity contribution in [1.82, 2.24) is 30.8 Å². The summed E-state index contributed by atoms with van der Waals surface area (Å²) >= 11 is 0. The topological polar surface area (TPSA) is 102 Å². The first-order chi connectivity index (χ1) is 18.1. The molecule has 0 aliphatic rings. The standard InChI is InChI=1S/C29H33N7O/c1-4-21(5-2)32-29(37)20-15-23-27(34-35-28(23)31-17-20)26-24(22-9-7-8-10-25(22)33-26)18-36-13-11-19(12-14-36)16-30-6-3/h7-15,17,21,30H,4-6,16,18H2,1-3H3,(H2-,31,32,33,34,35,37)/p+1. The SMILES string of the molecule is CCNCc1cc[n+](Cc2c(-c3[nH]nc4ncc(C(=O)NC(CC)CC)cc34)[nH]c3ccccc23)cc1. The van der Waals surface area contributed by atoms with E-state index < -0.39 is 0 Å². The number of aromatic nitrogens is 5. The highest BCUT2D eigenvalue weighted by molar-refractivity contribution is 6.01. The average molecular weight is 497 g/mol. The highest BCUT2D eigenvalue weighted by Crippen LogP contribution is 2.33. The lowest BCUT2D eigenvalue weighted by atomic mass is 10.1. The van der Waals surface area contributed by atoms with Crippen LogP contribution in [0, 0.1) is 0 Å². The lowest BCUT2D eigenvalue weighted by Gasteiger charge is -2.14. The largest absolute Gasteiger partial charge is 0.353 e. The number of rotatable bonds is 10. The van der Waals surface area contributed by atoms with E-state index >= 15 is 0 Å². The number of pyridine rings is 2. The fourth-order valence-corrected chi connectivity index (χ4v) is 4.72. The van der Waals surface area contributed by atoms with Crippen molar-refractivity contribution < 1.29 is 9.36 Å². The molecule has 1 aromatic carbocycles. The van der Waals surface area contributed by atoms with Gasteiger partial charge in [0.1, 0.15) is 0 Å². The van der Waals surface area contributed by atoms with Gasteiger partial charge in [-0.1, -0.05) is 39.0 Å². The first kappa shape index (κ1) is 24.6. The summed E-state index contributed by atoms with van der Waals surface area (Å²) in [6.45, 7) is 8.75. The van der Waals surface area contributed by atoms with Crippen LogP contribution in [0.5, 0.6) is 0 Å². The minimum atomic E-state index is -0.111. The molecule has 1 amide bonds. The molecule has 0 radical (unpaired) electrons. The number of hydrogen-bond donors (Lipinski definition) is 4. The Hall–Kier alpha value is -4.04. The average Bonchev–Trinajstić information content (AvgIpc) is 3.52. The Balaban J connectivity index is 1.54. The van der Waals surface area contributed by atoms with Gasteiger partial charge in [0.2, 0.25) is 0 Å². The molecule has 4 N–H and O–H groups in total. The van der Waals surface area contributed by atoms with Crippen molar-refractivity contribution in [3.05, 3.63) is 77.7 Å². The molecule has 0 aliphatic heterocycles. The zero-order valence-corrected chi connectivity index (χ0v) is 21.6. The minimum Gasteiger partial charge on any atom is -0.353 e. The number of H-pyrrole nitrogens is 2. The molecule has 5 aromatic rings. The molecule has 4 aromatic heterocycles. The maximum atomic E-state index is 12.9. The van der Waals surface area contributed by atoms with Crippen molar-refractivity contribution in [3.63, 3.8) is 0 Å². The molecule has 4 heterocycles. The quantitative estimate of drug-likeness (QED) is 0.214. The minimum absolute atomic E-state index is 0.111. The van der Waals surface area contributed by atoms with Crippen molar-refractivity contribution in [1.29, 1.82) is 0 Å². The van der Waals surface area contributed by atoms with Crippen LogP contribution in [0.2, 0.25) is 0 Å². The van der Waals surface area contributed by atoms with Gasteiger partial charge in [-0.25, -0.2) is 9.55 Å². The van der Waals surface area contributed by atoms with Crippen molar-refractivity contribution in [3.8, 4) is 11.4 Å². The van der Waals surface area contributed by atoms with E-state index in [0.29, 0.717) is 17.8 Å². The Kier molecular flexibility index (Phi) is 7.28. The Bertz CT molecular complexity index is 1510. The fourth-order valence-electron chi connectivity index (χ4n) is 4.72. The number of hydrogen-bond acceptors (Lipinski definition) is 4. The van der Waals surface area contributed by atoms with Crippen LogP contribution < -0.4 is 15.2 Å². The maximum absolute atomic E-state index is 12.9. The number of nitrogens with zero attached hydrogens (tertiary/aromatic N) is 3. The van der Waals surface area contributed by atoms with Crippen molar-refractivity contribution in [2.24, 2.45) is 0 Å². The zero-order chi connectivity index (χ0) is 25.8. The normalized spacial score (nSPS) is 11.6. The number of carbonyl (C=O) groups excluding carboxylic acids is 1. The number of amides is 1.